The van der Waals surface area contributed by atoms with Gasteiger partial charge in [-0.2, -0.15) is 0 Å². The van der Waals surface area contributed by atoms with Gasteiger partial charge in [-0.05, 0) is 61.3 Å². The van der Waals surface area contributed by atoms with Gasteiger partial charge in [0.15, 0.2) is 0 Å². The van der Waals surface area contributed by atoms with E-state index in [2.05, 4.69) is 32.9 Å². The number of hydrogen-bond acceptors (Lipinski definition) is 3. The fourth-order valence-electron chi connectivity index (χ4n) is 5.10. The van der Waals surface area contributed by atoms with Crippen LogP contribution in [0.4, 0.5) is 4.79 Å². The standard InChI is InChI=1S/C23H36N2O2/c1-4-13-25(14-5-2)22(26)27-19-11-10-17-15-18-9-7-6-8-12-23(3,21(18)24)20(17)16-19/h10-11,16,18,21H,4-9,12-15,24H2,1-3H3/t18-,21-,23+/m0/s1. The average Bonchev–Trinajstić information content (AvgIpc) is 2.65. The van der Waals surface area contributed by atoms with Gasteiger partial charge in [0.05, 0.1) is 0 Å². The Morgan fingerprint density at radius 1 is 1.22 bits per heavy atom. The van der Waals surface area contributed by atoms with Crippen LogP contribution in [0.2, 0.25) is 0 Å². The van der Waals surface area contributed by atoms with Crippen molar-refractivity contribution in [3.8, 4) is 5.75 Å². The first-order valence-electron chi connectivity index (χ1n) is 10.8. The highest BCUT2D eigenvalue weighted by atomic mass is 16.6. The van der Waals surface area contributed by atoms with Crippen molar-refractivity contribution in [1.29, 1.82) is 0 Å². The van der Waals surface area contributed by atoms with Gasteiger partial charge in [-0.3, -0.25) is 0 Å². The molecule has 1 aromatic rings. The topological polar surface area (TPSA) is 55.6 Å². The third kappa shape index (κ3) is 4.16. The third-order valence-electron chi connectivity index (χ3n) is 6.64. The summed E-state index contributed by atoms with van der Waals surface area (Å²) in [5.41, 5.74) is 9.44. The second-order valence-corrected chi connectivity index (χ2v) is 8.68. The monoisotopic (exact) mass is 372 g/mol. The Morgan fingerprint density at radius 2 is 1.96 bits per heavy atom. The van der Waals surface area contributed by atoms with Crippen LogP contribution in [-0.2, 0) is 11.8 Å². The molecule has 4 heteroatoms. The number of fused-ring (bicyclic) bond motifs is 4. The second-order valence-electron chi connectivity index (χ2n) is 8.68. The SMILES string of the molecule is CCCN(CCC)C(=O)Oc1ccc2c(c1)[C@@]1(C)CCCCC[C@@H](C2)[C@@H]1N. The summed E-state index contributed by atoms with van der Waals surface area (Å²) >= 11 is 0. The van der Waals surface area contributed by atoms with Crippen molar-refractivity contribution < 1.29 is 9.53 Å². The number of hydrogen-bond donors (Lipinski definition) is 1. The molecule has 150 valence electrons. The summed E-state index contributed by atoms with van der Waals surface area (Å²) in [5, 5.41) is 0. The van der Waals surface area contributed by atoms with Gasteiger partial charge in [-0.1, -0.05) is 46.1 Å². The highest BCUT2D eigenvalue weighted by molar-refractivity contribution is 5.71. The molecule has 1 fully saturated rings. The fraction of sp³-hybridized carbons (Fsp3) is 0.696. The Labute approximate surface area is 164 Å². The van der Waals surface area contributed by atoms with E-state index in [0.717, 1.165) is 38.8 Å². The second kappa shape index (κ2) is 8.64. The largest absolute Gasteiger partial charge is 0.415 e. The van der Waals surface area contributed by atoms with Gasteiger partial charge in [-0.15, -0.1) is 0 Å². The molecule has 1 amide bonds. The van der Waals surface area contributed by atoms with Crippen molar-refractivity contribution >= 4 is 6.09 Å². The van der Waals surface area contributed by atoms with E-state index in [1.165, 1.54) is 36.8 Å². The zero-order chi connectivity index (χ0) is 19.4. The molecule has 0 aromatic heterocycles. The van der Waals surface area contributed by atoms with E-state index in [-0.39, 0.29) is 17.6 Å². The molecule has 2 N–H and O–H groups in total. The molecule has 0 heterocycles. The smallest absolute Gasteiger partial charge is 0.410 e. The van der Waals surface area contributed by atoms with E-state index < -0.39 is 0 Å². The number of amides is 1. The summed E-state index contributed by atoms with van der Waals surface area (Å²) in [6, 6.07) is 6.42. The molecular weight excluding hydrogens is 336 g/mol. The predicted octanol–water partition coefficient (Wildman–Crippen LogP) is 5.03. The number of rotatable bonds is 5. The highest BCUT2D eigenvalue weighted by Gasteiger charge is 2.43. The van der Waals surface area contributed by atoms with Crippen LogP contribution in [0, 0.1) is 5.92 Å². The summed E-state index contributed by atoms with van der Waals surface area (Å²) in [5.74, 6) is 1.23. The summed E-state index contributed by atoms with van der Waals surface area (Å²) in [6.45, 7) is 7.97. The zero-order valence-corrected chi connectivity index (χ0v) is 17.3. The predicted molar refractivity (Wildman–Crippen MR) is 110 cm³/mol. The summed E-state index contributed by atoms with van der Waals surface area (Å²) < 4.78 is 5.77. The summed E-state index contributed by atoms with van der Waals surface area (Å²) in [4.78, 5) is 14.4. The molecule has 27 heavy (non-hydrogen) atoms. The van der Waals surface area contributed by atoms with Crippen molar-refractivity contribution in [3.63, 3.8) is 0 Å². The maximum atomic E-state index is 12.6. The van der Waals surface area contributed by atoms with Crippen molar-refractivity contribution in [2.75, 3.05) is 13.1 Å². The van der Waals surface area contributed by atoms with Crippen LogP contribution in [0.25, 0.3) is 0 Å². The van der Waals surface area contributed by atoms with E-state index >= 15 is 0 Å². The number of nitrogens with two attached hydrogens (primary N) is 1. The molecule has 3 rings (SSSR count). The number of nitrogens with zero attached hydrogens (tertiary/aromatic N) is 1. The molecule has 1 saturated carbocycles. The van der Waals surface area contributed by atoms with E-state index in [1.54, 1.807) is 4.90 Å². The van der Waals surface area contributed by atoms with E-state index in [4.69, 9.17) is 10.5 Å². The van der Waals surface area contributed by atoms with Crippen LogP contribution >= 0.6 is 0 Å². The number of ether oxygens (including phenoxy) is 1. The summed E-state index contributed by atoms with van der Waals surface area (Å²) in [7, 11) is 0. The first kappa shape index (κ1) is 20.2. The van der Waals surface area contributed by atoms with Gasteiger partial charge in [0.25, 0.3) is 0 Å². The van der Waals surface area contributed by atoms with Gasteiger partial charge in [0.2, 0.25) is 0 Å². The third-order valence-corrected chi connectivity index (χ3v) is 6.64. The molecular formula is C23H36N2O2. The molecule has 2 aliphatic carbocycles. The molecule has 2 aliphatic rings. The minimum Gasteiger partial charge on any atom is -0.410 e. The molecule has 0 radical (unpaired) electrons. The zero-order valence-electron chi connectivity index (χ0n) is 17.3. The Hall–Kier alpha value is -1.55. The molecule has 0 saturated heterocycles. The number of carbonyl (C=O) groups is 1. The quantitative estimate of drug-likeness (QED) is 0.789. The van der Waals surface area contributed by atoms with Gasteiger partial charge >= 0.3 is 6.09 Å². The molecule has 2 bridgehead atoms. The highest BCUT2D eigenvalue weighted by Crippen LogP contribution is 2.46. The molecule has 0 spiro atoms. The molecule has 3 atom stereocenters. The molecule has 4 nitrogen and oxygen atoms in total. The first-order valence-corrected chi connectivity index (χ1v) is 10.8. The van der Waals surface area contributed by atoms with Crippen molar-refractivity contribution in [2.24, 2.45) is 11.7 Å². The number of benzene rings is 1. The van der Waals surface area contributed by atoms with E-state index in [0.29, 0.717) is 11.7 Å². The Balaban J connectivity index is 1.85. The minimum absolute atomic E-state index is 0.0202. The Bertz CT molecular complexity index is 654. The van der Waals surface area contributed by atoms with Crippen molar-refractivity contribution in [1.82, 2.24) is 4.90 Å². The van der Waals surface area contributed by atoms with Crippen LogP contribution in [0.15, 0.2) is 18.2 Å². The van der Waals surface area contributed by atoms with Gasteiger partial charge in [-0.25, -0.2) is 4.79 Å². The maximum absolute atomic E-state index is 12.6. The van der Waals surface area contributed by atoms with Crippen LogP contribution in [0.1, 0.15) is 76.8 Å². The van der Waals surface area contributed by atoms with E-state index in [9.17, 15) is 4.79 Å². The lowest BCUT2D eigenvalue weighted by Crippen LogP contribution is -2.52. The molecule has 0 unspecified atom stereocenters. The lowest BCUT2D eigenvalue weighted by atomic mass is 9.60. The normalized spacial score (nSPS) is 27.3. The Morgan fingerprint density at radius 3 is 2.67 bits per heavy atom. The van der Waals surface area contributed by atoms with Crippen LogP contribution in [0.5, 0.6) is 5.75 Å². The van der Waals surface area contributed by atoms with Crippen molar-refractivity contribution in [3.05, 3.63) is 29.3 Å². The van der Waals surface area contributed by atoms with Gasteiger partial charge in [0, 0.05) is 24.5 Å². The lowest BCUT2D eigenvalue weighted by Gasteiger charge is -2.47. The van der Waals surface area contributed by atoms with Crippen molar-refractivity contribution in [2.45, 2.75) is 83.6 Å². The maximum Gasteiger partial charge on any atom is 0.415 e. The summed E-state index contributed by atoms with van der Waals surface area (Å²) in [6.07, 6.45) is 8.86. The lowest BCUT2D eigenvalue weighted by molar-refractivity contribution is 0.151. The number of carbonyl (C=O) groups excluding carboxylic acids is 1. The Kier molecular flexibility index (Phi) is 6.46. The first-order chi connectivity index (χ1) is 13.0. The molecule has 1 aromatic carbocycles. The van der Waals surface area contributed by atoms with Crippen LogP contribution < -0.4 is 10.5 Å². The molecule has 0 aliphatic heterocycles. The van der Waals surface area contributed by atoms with Crippen LogP contribution in [0.3, 0.4) is 0 Å². The van der Waals surface area contributed by atoms with E-state index in [1.807, 2.05) is 6.07 Å². The minimum atomic E-state index is -0.237. The van der Waals surface area contributed by atoms with Crippen LogP contribution in [-0.4, -0.2) is 30.1 Å². The van der Waals surface area contributed by atoms with Gasteiger partial charge < -0.3 is 15.4 Å². The van der Waals surface area contributed by atoms with Gasteiger partial charge in [0.1, 0.15) is 5.75 Å². The average molecular weight is 373 g/mol. The fourth-order valence-corrected chi connectivity index (χ4v) is 5.10.